The van der Waals surface area contributed by atoms with Gasteiger partial charge >= 0.3 is 5.97 Å². The second-order valence-corrected chi connectivity index (χ2v) is 6.79. The van der Waals surface area contributed by atoms with Gasteiger partial charge < -0.3 is 9.84 Å². The molecule has 1 N–H and O–H groups in total. The van der Waals surface area contributed by atoms with Gasteiger partial charge in [-0.2, -0.15) is 0 Å². The van der Waals surface area contributed by atoms with Crippen LogP contribution in [0.25, 0.3) is 0 Å². The smallest absolute Gasteiger partial charge is 0.306 e. The summed E-state index contributed by atoms with van der Waals surface area (Å²) in [7, 11) is 1.59. The van der Waals surface area contributed by atoms with E-state index in [2.05, 4.69) is 4.90 Å². The zero-order valence-corrected chi connectivity index (χ0v) is 15.1. The molecule has 1 heterocycles. The predicted molar refractivity (Wildman–Crippen MR) is 97.9 cm³/mol. The zero-order valence-electron chi connectivity index (χ0n) is 15.1. The third-order valence-corrected chi connectivity index (χ3v) is 5.21. The summed E-state index contributed by atoms with van der Waals surface area (Å²) in [5.74, 6) is -0.710. The Morgan fingerprint density at radius 2 is 1.88 bits per heavy atom. The van der Waals surface area contributed by atoms with E-state index in [-0.39, 0.29) is 17.8 Å². The summed E-state index contributed by atoms with van der Waals surface area (Å²) in [6.45, 7) is 3.34. The highest BCUT2D eigenvalue weighted by Crippen LogP contribution is 2.38. The van der Waals surface area contributed by atoms with Crippen molar-refractivity contribution in [2.45, 2.75) is 25.8 Å². The van der Waals surface area contributed by atoms with E-state index < -0.39 is 5.97 Å². The predicted octanol–water partition coefficient (Wildman–Crippen LogP) is 4.03. The van der Waals surface area contributed by atoms with Gasteiger partial charge in [0.15, 0.2) is 0 Å². The lowest BCUT2D eigenvalue weighted by Gasteiger charge is -2.38. The van der Waals surface area contributed by atoms with Crippen molar-refractivity contribution in [2.75, 3.05) is 20.2 Å². The van der Waals surface area contributed by atoms with Crippen molar-refractivity contribution in [3.8, 4) is 5.75 Å². The molecule has 0 aromatic heterocycles. The van der Waals surface area contributed by atoms with Crippen molar-refractivity contribution in [1.82, 2.24) is 4.90 Å². The Morgan fingerprint density at radius 1 is 1.19 bits per heavy atom. The van der Waals surface area contributed by atoms with Crippen LogP contribution in [0.4, 0.5) is 4.39 Å². The van der Waals surface area contributed by atoms with E-state index in [9.17, 15) is 14.3 Å². The van der Waals surface area contributed by atoms with E-state index in [1.807, 2.05) is 31.2 Å². The molecule has 4 nitrogen and oxygen atoms in total. The fourth-order valence-electron chi connectivity index (χ4n) is 3.78. The second-order valence-electron chi connectivity index (χ2n) is 6.79. The minimum Gasteiger partial charge on any atom is -0.496 e. The molecule has 1 aliphatic heterocycles. The summed E-state index contributed by atoms with van der Waals surface area (Å²) in [5.41, 5.74) is 2.98. The molecule has 2 aromatic rings. The van der Waals surface area contributed by atoms with Gasteiger partial charge in [0, 0.05) is 5.56 Å². The first-order valence-electron chi connectivity index (χ1n) is 8.87. The van der Waals surface area contributed by atoms with Crippen LogP contribution in [0, 0.1) is 18.7 Å². The lowest BCUT2D eigenvalue weighted by atomic mass is 9.89. The van der Waals surface area contributed by atoms with E-state index in [1.54, 1.807) is 13.2 Å². The monoisotopic (exact) mass is 357 g/mol. The van der Waals surface area contributed by atoms with Crippen molar-refractivity contribution >= 4 is 5.97 Å². The Bertz CT molecular complexity index is 785. The number of halogens is 1. The van der Waals surface area contributed by atoms with Crippen LogP contribution in [0.15, 0.2) is 42.5 Å². The maximum absolute atomic E-state index is 14.0. The number of carbonyl (C=O) groups is 1. The maximum Gasteiger partial charge on any atom is 0.306 e. The summed E-state index contributed by atoms with van der Waals surface area (Å²) < 4.78 is 19.5. The Labute approximate surface area is 153 Å². The molecular weight excluding hydrogens is 333 g/mol. The van der Waals surface area contributed by atoms with E-state index in [4.69, 9.17) is 4.74 Å². The number of ether oxygens (including phenoxy) is 1. The first-order chi connectivity index (χ1) is 12.5. The number of aryl methyl sites for hydroxylation is 1. The molecule has 0 aliphatic carbocycles. The summed E-state index contributed by atoms with van der Waals surface area (Å²) in [5, 5.41) is 9.27. The molecule has 138 valence electrons. The molecule has 0 bridgehead atoms. The SMILES string of the molecule is COc1ccc(F)cc1C(c1ccccc1C)N1CCC(C(=O)O)CC1. The first kappa shape index (κ1) is 18.4. The highest BCUT2D eigenvalue weighted by molar-refractivity contribution is 5.70. The molecule has 1 atom stereocenters. The molecule has 1 saturated heterocycles. The van der Waals surface area contributed by atoms with Crippen LogP contribution in [0.5, 0.6) is 5.75 Å². The molecule has 1 unspecified atom stereocenters. The number of aliphatic carboxylic acids is 1. The summed E-state index contributed by atoms with van der Waals surface area (Å²) in [6.07, 6.45) is 1.19. The van der Waals surface area contributed by atoms with Crippen LogP contribution in [0.3, 0.4) is 0 Å². The van der Waals surface area contributed by atoms with Gasteiger partial charge in [0.1, 0.15) is 11.6 Å². The van der Waals surface area contributed by atoms with E-state index in [1.165, 1.54) is 12.1 Å². The summed E-state index contributed by atoms with van der Waals surface area (Å²) in [4.78, 5) is 13.5. The van der Waals surface area contributed by atoms with Gasteiger partial charge in [-0.1, -0.05) is 24.3 Å². The van der Waals surface area contributed by atoms with Gasteiger partial charge in [0.2, 0.25) is 0 Å². The van der Waals surface area contributed by atoms with Crippen LogP contribution < -0.4 is 4.74 Å². The van der Waals surface area contributed by atoms with Gasteiger partial charge in [0.05, 0.1) is 19.1 Å². The quantitative estimate of drug-likeness (QED) is 0.878. The number of benzene rings is 2. The number of likely N-dealkylation sites (tertiary alicyclic amines) is 1. The molecule has 0 spiro atoms. The van der Waals surface area contributed by atoms with Crippen LogP contribution in [-0.2, 0) is 4.79 Å². The Balaban J connectivity index is 2.03. The second kappa shape index (κ2) is 7.87. The highest BCUT2D eigenvalue weighted by atomic mass is 19.1. The van der Waals surface area contributed by atoms with Crippen molar-refractivity contribution in [3.63, 3.8) is 0 Å². The number of carboxylic acid groups (broad SMARTS) is 1. The minimum absolute atomic E-state index is 0.170. The topological polar surface area (TPSA) is 49.8 Å². The number of hydrogen-bond donors (Lipinski definition) is 1. The number of piperidine rings is 1. The van der Waals surface area contributed by atoms with E-state index in [0.717, 1.165) is 16.7 Å². The molecule has 26 heavy (non-hydrogen) atoms. The van der Waals surface area contributed by atoms with Crippen molar-refractivity contribution in [3.05, 3.63) is 65.0 Å². The number of methoxy groups -OCH3 is 1. The normalized spacial score (nSPS) is 17.0. The largest absolute Gasteiger partial charge is 0.496 e. The van der Waals surface area contributed by atoms with Crippen molar-refractivity contribution in [2.24, 2.45) is 5.92 Å². The Morgan fingerprint density at radius 3 is 2.50 bits per heavy atom. The standard InChI is InChI=1S/C21H24FNO3/c1-14-5-3-4-6-17(14)20(18-13-16(22)7-8-19(18)26-2)23-11-9-15(10-12-23)21(24)25/h3-8,13,15,20H,9-12H2,1-2H3,(H,24,25). The number of nitrogens with zero attached hydrogens (tertiary/aromatic N) is 1. The lowest BCUT2D eigenvalue weighted by molar-refractivity contribution is -0.143. The van der Waals surface area contributed by atoms with Crippen LogP contribution in [0.1, 0.15) is 35.6 Å². The third-order valence-electron chi connectivity index (χ3n) is 5.21. The maximum atomic E-state index is 14.0. The van der Waals surface area contributed by atoms with Crippen LogP contribution >= 0.6 is 0 Å². The molecule has 0 saturated carbocycles. The van der Waals surface area contributed by atoms with Gasteiger partial charge in [0.25, 0.3) is 0 Å². The molecule has 0 radical (unpaired) electrons. The summed E-state index contributed by atoms with van der Waals surface area (Å²) in [6, 6.07) is 12.5. The molecular formula is C21H24FNO3. The lowest BCUT2D eigenvalue weighted by Crippen LogP contribution is -2.39. The van der Waals surface area contributed by atoms with Crippen LogP contribution in [-0.4, -0.2) is 36.2 Å². The molecule has 3 rings (SSSR count). The molecule has 2 aromatic carbocycles. The third kappa shape index (κ3) is 3.73. The van der Waals surface area contributed by atoms with Crippen molar-refractivity contribution < 1.29 is 19.0 Å². The number of hydrogen-bond acceptors (Lipinski definition) is 3. The molecule has 1 aliphatic rings. The van der Waals surface area contributed by atoms with Gasteiger partial charge in [-0.25, -0.2) is 4.39 Å². The minimum atomic E-state index is -0.736. The highest BCUT2D eigenvalue weighted by Gasteiger charge is 2.32. The molecule has 0 amide bonds. The van der Waals surface area contributed by atoms with E-state index >= 15 is 0 Å². The fourth-order valence-corrected chi connectivity index (χ4v) is 3.78. The first-order valence-corrected chi connectivity index (χ1v) is 8.87. The number of carboxylic acids is 1. The fraction of sp³-hybridized carbons (Fsp3) is 0.381. The van der Waals surface area contributed by atoms with E-state index in [0.29, 0.717) is 31.7 Å². The average molecular weight is 357 g/mol. The zero-order chi connectivity index (χ0) is 18.7. The number of rotatable bonds is 5. The average Bonchev–Trinajstić information content (AvgIpc) is 2.64. The Kier molecular flexibility index (Phi) is 5.57. The Hall–Kier alpha value is -2.40. The van der Waals surface area contributed by atoms with Crippen LogP contribution in [0.2, 0.25) is 0 Å². The summed E-state index contributed by atoms with van der Waals surface area (Å²) >= 11 is 0. The van der Waals surface area contributed by atoms with Gasteiger partial charge in [-0.05, 0) is 62.2 Å². The van der Waals surface area contributed by atoms with Gasteiger partial charge in [-0.15, -0.1) is 0 Å². The van der Waals surface area contributed by atoms with Crippen molar-refractivity contribution in [1.29, 1.82) is 0 Å². The molecule has 5 heteroatoms. The van der Waals surface area contributed by atoms with Gasteiger partial charge in [-0.3, -0.25) is 9.69 Å². The molecule has 1 fully saturated rings.